The van der Waals surface area contributed by atoms with Crippen molar-refractivity contribution in [3.8, 4) is 11.5 Å². The predicted octanol–water partition coefficient (Wildman–Crippen LogP) is 6.33. The molecule has 0 unspecified atom stereocenters. The number of hydrogen-bond acceptors (Lipinski definition) is 3. The van der Waals surface area contributed by atoms with E-state index in [0.717, 1.165) is 8.95 Å². The maximum Gasteiger partial charge on any atom is 0.313 e. The summed E-state index contributed by atoms with van der Waals surface area (Å²) in [7, 11) is 0. The van der Waals surface area contributed by atoms with Crippen molar-refractivity contribution < 1.29 is 9.66 Å². The molecule has 0 amide bonds. The van der Waals surface area contributed by atoms with Crippen LogP contribution < -0.4 is 4.74 Å². The molecular weight excluding hydrogens is 481 g/mol. The molecule has 0 N–H and O–H groups in total. The van der Waals surface area contributed by atoms with E-state index in [2.05, 4.69) is 47.8 Å². The Morgan fingerprint density at radius 3 is 2.30 bits per heavy atom. The Hall–Kier alpha value is -0.630. The lowest BCUT2D eigenvalue weighted by atomic mass is 10.3. The van der Waals surface area contributed by atoms with Gasteiger partial charge in [0.25, 0.3) is 0 Å². The zero-order valence-electron chi connectivity index (χ0n) is 9.57. The van der Waals surface area contributed by atoms with E-state index in [-0.39, 0.29) is 16.5 Å². The topological polar surface area (TPSA) is 52.4 Å². The Bertz CT molecular complexity index is 694. The Balaban J connectivity index is 2.45. The second kappa shape index (κ2) is 6.43. The Morgan fingerprint density at radius 1 is 1.00 bits per heavy atom. The largest absolute Gasteiger partial charge is 0.449 e. The van der Waals surface area contributed by atoms with Crippen molar-refractivity contribution in [1.29, 1.82) is 0 Å². The second-order valence-corrected chi connectivity index (χ2v) is 6.67. The second-order valence-electron chi connectivity index (χ2n) is 3.67. The fraction of sp³-hybridized carbons (Fsp3) is 0. The Labute approximate surface area is 144 Å². The van der Waals surface area contributed by atoms with Gasteiger partial charge >= 0.3 is 5.69 Å². The van der Waals surface area contributed by atoms with Gasteiger partial charge < -0.3 is 4.74 Å². The number of hydrogen-bond donors (Lipinski definition) is 0. The van der Waals surface area contributed by atoms with Crippen LogP contribution in [-0.4, -0.2) is 4.92 Å². The van der Waals surface area contributed by atoms with Crippen LogP contribution in [-0.2, 0) is 0 Å². The molecule has 2 aromatic carbocycles. The van der Waals surface area contributed by atoms with Crippen molar-refractivity contribution in [1.82, 2.24) is 0 Å². The lowest BCUT2D eigenvalue weighted by molar-refractivity contribution is -0.385. The molecule has 8 heteroatoms. The summed E-state index contributed by atoms with van der Waals surface area (Å²) >= 11 is 15.8. The van der Waals surface area contributed by atoms with Crippen molar-refractivity contribution in [3.05, 3.63) is 58.9 Å². The number of halogens is 4. The number of ether oxygens (including phenoxy) is 1. The van der Waals surface area contributed by atoms with Crippen LogP contribution in [0.1, 0.15) is 0 Å². The van der Waals surface area contributed by atoms with Gasteiger partial charge in [0.2, 0.25) is 5.75 Å². The summed E-state index contributed by atoms with van der Waals surface area (Å²) in [5.74, 6) is 0.569. The molecule has 0 saturated heterocycles. The minimum Gasteiger partial charge on any atom is -0.449 e. The van der Waals surface area contributed by atoms with E-state index in [1.807, 2.05) is 0 Å². The van der Waals surface area contributed by atoms with E-state index in [0.29, 0.717) is 10.2 Å². The average molecular weight is 486 g/mol. The lowest BCUT2D eigenvalue weighted by Crippen LogP contribution is -1.94. The predicted molar refractivity (Wildman–Crippen MR) is 87.7 cm³/mol. The summed E-state index contributed by atoms with van der Waals surface area (Å²) in [5.41, 5.74) is -0.191. The standard InChI is InChI=1S/C12H5Br3ClNO3/c13-7-4-9(15)12(5-8(7)14)20-11-2-1-6(16)3-10(11)17(18)19/h1-5H. The summed E-state index contributed by atoms with van der Waals surface area (Å²) < 4.78 is 7.86. The van der Waals surface area contributed by atoms with E-state index >= 15 is 0 Å². The fourth-order valence-corrected chi connectivity index (χ4v) is 2.98. The van der Waals surface area contributed by atoms with Gasteiger partial charge in [-0.15, -0.1) is 0 Å². The van der Waals surface area contributed by atoms with Gasteiger partial charge in [-0.1, -0.05) is 11.6 Å². The molecule has 0 fully saturated rings. The number of nitro benzene ring substituents is 1. The smallest absolute Gasteiger partial charge is 0.313 e. The third kappa shape index (κ3) is 3.52. The van der Waals surface area contributed by atoms with Crippen LogP contribution in [0.2, 0.25) is 5.02 Å². The van der Waals surface area contributed by atoms with Crippen molar-refractivity contribution in [2.24, 2.45) is 0 Å². The van der Waals surface area contributed by atoms with Crippen molar-refractivity contribution in [2.75, 3.05) is 0 Å². The molecule has 0 saturated carbocycles. The average Bonchev–Trinajstić information content (AvgIpc) is 2.37. The molecule has 2 rings (SSSR count). The monoisotopic (exact) mass is 483 g/mol. The summed E-state index contributed by atoms with van der Waals surface area (Å²) in [6.45, 7) is 0. The van der Waals surface area contributed by atoms with E-state index in [4.69, 9.17) is 16.3 Å². The zero-order chi connectivity index (χ0) is 14.9. The van der Waals surface area contributed by atoms with Crippen LogP contribution in [0.25, 0.3) is 0 Å². The van der Waals surface area contributed by atoms with Crippen molar-refractivity contribution in [2.45, 2.75) is 0 Å². The van der Waals surface area contributed by atoms with Crippen molar-refractivity contribution >= 4 is 65.1 Å². The molecule has 0 aliphatic carbocycles. The fourth-order valence-electron chi connectivity index (χ4n) is 1.42. The highest BCUT2D eigenvalue weighted by Gasteiger charge is 2.18. The van der Waals surface area contributed by atoms with Gasteiger partial charge in [0, 0.05) is 20.0 Å². The van der Waals surface area contributed by atoms with Crippen LogP contribution in [0.3, 0.4) is 0 Å². The number of rotatable bonds is 3. The molecule has 0 atom stereocenters. The van der Waals surface area contributed by atoms with Crippen molar-refractivity contribution in [3.63, 3.8) is 0 Å². The molecule has 0 heterocycles. The molecular formula is C12H5Br3ClNO3. The van der Waals surface area contributed by atoms with Gasteiger partial charge in [-0.2, -0.15) is 0 Å². The maximum atomic E-state index is 11.0. The molecule has 0 spiro atoms. The first-order chi connectivity index (χ1) is 9.38. The van der Waals surface area contributed by atoms with E-state index in [1.54, 1.807) is 12.1 Å². The first kappa shape index (κ1) is 15.8. The van der Waals surface area contributed by atoms with Crippen LogP contribution in [0.15, 0.2) is 43.7 Å². The quantitative estimate of drug-likeness (QED) is 0.290. The normalized spacial score (nSPS) is 10.4. The Morgan fingerprint density at radius 2 is 1.65 bits per heavy atom. The summed E-state index contributed by atoms with van der Waals surface area (Å²) in [4.78, 5) is 10.5. The van der Waals surface area contributed by atoms with E-state index < -0.39 is 4.92 Å². The van der Waals surface area contributed by atoms with Gasteiger partial charge in [-0.3, -0.25) is 10.1 Å². The lowest BCUT2D eigenvalue weighted by Gasteiger charge is -2.09. The Kier molecular flexibility index (Phi) is 5.06. The SMILES string of the molecule is O=[N+]([O-])c1cc(Cl)ccc1Oc1cc(Br)c(Br)cc1Br. The van der Waals surface area contributed by atoms with E-state index in [9.17, 15) is 10.1 Å². The molecule has 0 aliphatic rings. The van der Waals surface area contributed by atoms with Gasteiger partial charge in [0.15, 0.2) is 0 Å². The molecule has 0 radical (unpaired) electrons. The molecule has 2 aromatic rings. The molecule has 0 aliphatic heterocycles. The summed E-state index contributed by atoms with van der Waals surface area (Å²) in [6, 6.07) is 7.72. The third-order valence-electron chi connectivity index (χ3n) is 2.31. The number of benzene rings is 2. The molecule has 4 nitrogen and oxygen atoms in total. The molecule has 0 bridgehead atoms. The highest BCUT2D eigenvalue weighted by molar-refractivity contribution is 9.13. The first-order valence-corrected chi connectivity index (χ1v) is 7.90. The van der Waals surface area contributed by atoms with Crippen LogP contribution in [0, 0.1) is 10.1 Å². The van der Waals surface area contributed by atoms with Gasteiger partial charge in [0.1, 0.15) is 5.75 Å². The van der Waals surface area contributed by atoms with Gasteiger partial charge in [0.05, 0.1) is 9.40 Å². The van der Waals surface area contributed by atoms with Crippen LogP contribution in [0.4, 0.5) is 5.69 Å². The summed E-state index contributed by atoms with van der Waals surface area (Å²) in [5, 5.41) is 11.3. The minimum absolute atomic E-state index is 0.120. The van der Waals surface area contributed by atoms with Gasteiger partial charge in [-0.25, -0.2) is 0 Å². The number of nitro groups is 1. The first-order valence-electron chi connectivity index (χ1n) is 5.15. The third-order valence-corrected chi connectivity index (χ3v) is 5.01. The maximum absolute atomic E-state index is 11.0. The highest BCUT2D eigenvalue weighted by Crippen LogP contribution is 2.40. The highest BCUT2D eigenvalue weighted by atomic mass is 79.9. The van der Waals surface area contributed by atoms with E-state index in [1.165, 1.54) is 18.2 Å². The minimum atomic E-state index is -0.539. The zero-order valence-corrected chi connectivity index (χ0v) is 15.1. The van der Waals surface area contributed by atoms with Gasteiger partial charge in [-0.05, 0) is 72.1 Å². The van der Waals surface area contributed by atoms with Crippen LogP contribution in [0.5, 0.6) is 11.5 Å². The number of nitrogens with zero attached hydrogens (tertiary/aromatic N) is 1. The molecule has 104 valence electrons. The molecule has 0 aromatic heterocycles. The van der Waals surface area contributed by atoms with Crippen LogP contribution >= 0.6 is 59.4 Å². The summed E-state index contributed by atoms with van der Waals surface area (Å²) in [6.07, 6.45) is 0. The molecule has 20 heavy (non-hydrogen) atoms.